The second kappa shape index (κ2) is 11.4. The van der Waals surface area contributed by atoms with Crippen molar-refractivity contribution in [2.75, 3.05) is 0 Å². The summed E-state index contributed by atoms with van der Waals surface area (Å²) in [7, 11) is 0. The third-order valence-corrected chi connectivity index (χ3v) is 8.69. The van der Waals surface area contributed by atoms with Gasteiger partial charge in [0.1, 0.15) is 11.6 Å². The van der Waals surface area contributed by atoms with Crippen molar-refractivity contribution >= 4 is 29.2 Å². The van der Waals surface area contributed by atoms with Crippen LogP contribution in [0.1, 0.15) is 83.8 Å². The highest BCUT2D eigenvalue weighted by atomic mass is 32.1. The molecule has 1 aromatic heterocycles. The van der Waals surface area contributed by atoms with Crippen LogP contribution in [0.3, 0.4) is 0 Å². The van der Waals surface area contributed by atoms with Crippen molar-refractivity contribution in [1.82, 2.24) is 4.98 Å². The number of Topliss-reactive ketones (excluding diaryl/α,β-unsaturated/α-hetero) is 1. The Morgan fingerprint density at radius 2 is 2.00 bits per heavy atom. The number of rotatable bonds is 3. The van der Waals surface area contributed by atoms with Gasteiger partial charge in [-0.15, -0.1) is 11.3 Å². The van der Waals surface area contributed by atoms with Gasteiger partial charge in [0.05, 0.1) is 46.5 Å². The average molecular weight is 526 g/mol. The number of aliphatic hydroxyl groups excluding tert-OH is 2. The molecule has 1 aromatic rings. The van der Waals surface area contributed by atoms with Crippen LogP contribution < -0.4 is 0 Å². The Morgan fingerprint density at radius 3 is 2.61 bits per heavy atom. The number of ether oxygens (including phenoxy) is 2. The van der Waals surface area contributed by atoms with Gasteiger partial charge in [0, 0.05) is 17.7 Å². The van der Waals surface area contributed by atoms with Crippen LogP contribution in [0, 0.1) is 24.2 Å². The molecule has 0 bridgehead atoms. The Balaban J connectivity index is 1.87. The van der Waals surface area contributed by atoms with E-state index < -0.39 is 53.5 Å². The Labute approximate surface area is 217 Å². The summed E-state index contributed by atoms with van der Waals surface area (Å²) in [5.41, 5.74) is -1.31. The molecular formula is C27H40FNO6S. The van der Waals surface area contributed by atoms with E-state index in [9.17, 15) is 19.8 Å². The predicted octanol–water partition coefficient (Wildman–Crippen LogP) is 4.77. The molecule has 0 saturated carbocycles. The van der Waals surface area contributed by atoms with E-state index in [-0.39, 0.29) is 24.2 Å². The lowest BCUT2D eigenvalue weighted by atomic mass is 9.71. The van der Waals surface area contributed by atoms with Crippen LogP contribution >= 0.6 is 11.3 Å². The number of ketones is 1. The fourth-order valence-corrected chi connectivity index (χ4v) is 5.66. The maximum Gasteiger partial charge on any atom is 0.309 e. The number of cyclic esters (lactones) is 1. The minimum Gasteiger partial charge on any atom is -0.455 e. The van der Waals surface area contributed by atoms with Gasteiger partial charge in [0.15, 0.2) is 6.10 Å². The maximum atomic E-state index is 15.3. The molecule has 2 fully saturated rings. The molecule has 0 unspecified atom stereocenters. The van der Waals surface area contributed by atoms with Gasteiger partial charge in [-0.3, -0.25) is 9.59 Å². The third-order valence-electron chi connectivity index (χ3n) is 7.90. The molecule has 2 N–H and O–H groups in total. The molecule has 2 aliphatic heterocycles. The standard InChI is InChI=1S/C27H40FNO6S/c1-7-18-24(32)15(2)9-8-10-27(6)22(35-27)12-20(19(28)11-17-14-36-16(3)29-17)34-23(31)13-21(30)26(4,5)25(18)33/h11,14-15,18,20-22,24,30,32H,7-10,12-13H2,1-6H3/t15-,18+,20-,21-,22-,24-,27+/m0/s1. The van der Waals surface area contributed by atoms with E-state index in [0.717, 1.165) is 11.4 Å². The largest absolute Gasteiger partial charge is 0.455 e. The van der Waals surface area contributed by atoms with E-state index in [1.165, 1.54) is 17.4 Å². The fourth-order valence-electron chi connectivity index (χ4n) is 5.09. The van der Waals surface area contributed by atoms with Crippen molar-refractivity contribution in [3.05, 3.63) is 21.9 Å². The first-order valence-electron chi connectivity index (χ1n) is 12.9. The summed E-state index contributed by atoms with van der Waals surface area (Å²) in [6, 6.07) is 0. The number of nitrogens with zero attached hydrogens (tertiary/aromatic N) is 1. The number of thiazole rings is 1. The summed E-state index contributed by atoms with van der Waals surface area (Å²) < 4.78 is 26.7. The van der Waals surface area contributed by atoms with Crippen molar-refractivity contribution in [3.8, 4) is 0 Å². The van der Waals surface area contributed by atoms with Crippen molar-refractivity contribution in [2.45, 2.75) is 110 Å². The van der Waals surface area contributed by atoms with Crippen LogP contribution in [-0.2, 0) is 19.1 Å². The Hall–Kier alpha value is -1.68. The number of carbonyl (C=O) groups excluding carboxylic acids is 2. The molecule has 0 aliphatic carbocycles. The van der Waals surface area contributed by atoms with Crippen molar-refractivity contribution in [3.63, 3.8) is 0 Å². The molecule has 202 valence electrons. The summed E-state index contributed by atoms with van der Waals surface area (Å²) in [5.74, 6) is -2.53. The van der Waals surface area contributed by atoms with Gasteiger partial charge in [-0.2, -0.15) is 0 Å². The molecule has 36 heavy (non-hydrogen) atoms. The zero-order valence-electron chi connectivity index (χ0n) is 22.1. The molecule has 7 atom stereocenters. The van der Waals surface area contributed by atoms with E-state index in [1.807, 2.05) is 27.7 Å². The zero-order chi connectivity index (χ0) is 26.8. The number of carbonyl (C=O) groups is 2. The van der Waals surface area contributed by atoms with Gasteiger partial charge in [0.25, 0.3) is 0 Å². The first-order valence-corrected chi connectivity index (χ1v) is 13.7. The van der Waals surface area contributed by atoms with Gasteiger partial charge in [0.2, 0.25) is 0 Å². The quantitative estimate of drug-likeness (QED) is 0.432. The van der Waals surface area contributed by atoms with E-state index in [1.54, 1.807) is 19.2 Å². The Kier molecular flexibility index (Phi) is 9.13. The number of fused-ring (bicyclic) bond motifs is 1. The van der Waals surface area contributed by atoms with Crippen LogP contribution in [-0.4, -0.2) is 57.0 Å². The highest BCUT2D eigenvalue weighted by Gasteiger charge is 2.53. The number of aryl methyl sites for hydroxylation is 1. The molecule has 0 spiro atoms. The minimum atomic E-state index is -1.35. The van der Waals surface area contributed by atoms with Crippen molar-refractivity contribution in [2.24, 2.45) is 17.3 Å². The van der Waals surface area contributed by atoms with Crippen LogP contribution in [0.2, 0.25) is 0 Å². The molecule has 0 aromatic carbocycles. The molecule has 3 heterocycles. The summed E-state index contributed by atoms with van der Waals surface area (Å²) in [4.78, 5) is 30.5. The third kappa shape index (κ3) is 6.60. The van der Waals surface area contributed by atoms with Gasteiger partial charge in [-0.1, -0.05) is 34.1 Å². The molecule has 2 aliphatic rings. The van der Waals surface area contributed by atoms with Crippen LogP contribution in [0.4, 0.5) is 4.39 Å². The molecule has 0 amide bonds. The van der Waals surface area contributed by atoms with Crippen LogP contribution in [0.5, 0.6) is 0 Å². The predicted molar refractivity (Wildman–Crippen MR) is 136 cm³/mol. The lowest BCUT2D eigenvalue weighted by molar-refractivity contribution is -0.155. The smallest absolute Gasteiger partial charge is 0.309 e. The lowest BCUT2D eigenvalue weighted by Crippen LogP contribution is -2.46. The molecule has 0 radical (unpaired) electrons. The Bertz CT molecular complexity index is 977. The number of hydrogen-bond donors (Lipinski definition) is 2. The molecule has 9 heteroatoms. The van der Waals surface area contributed by atoms with Crippen LogP contribution in [0.25, 0.3) is 6.08 Å². The summed E-state index contributed by atoms with van der Waals surface area (Å²) in [5, 5.41) is 24.4. The average Bonchev–Trinajstić information content (AvgIpc) is 3.24. The lowest BCUT2D eigenvalue weighted by Gasteiger charge is -2.35. The zero-order valence-corrected chi connectivity index (χ0v) is 22.9. The SMILES string of the molecule is CC[C@H]1C(=O)C(C)(C)[C@@H](O)CC(=O)O[C@H](C(F)=Cc2csc(C)n2)C[C@@H]2O[C@]2(C)CCC[C@H](C)[C@@H]1O. The van der Waals surface area contributed by atoms with Gasteiger partial charge in [-0.05, 0) is 45.1 Å². The van der Waals surface area contributed by atoms with Gasteiger partial charge >= 0.3 is 5.97 Å². The number of epoxide rings is 1. The topological polar surface area (TPSA) is 109 Å². The highest BCUT2D eigenvalue weighted by Crippen LogP contribution is 2.45. The van der Waals surface area contributed by atoms with Gasteiger partial charge in [-0.25, -0.2) is 9.37 Å². The number of esters is 1. The van der Waals surface area contributed by atoms with E-state index in [0.29, 0.717) is 25.0 Å². The summed E-state index contributed by atoms with van der Waals surface area (Å²) in [6.45, 7) is 10.7. The molecule has 7 nitrogen and oxygen atoms in total. The molecule has 3 rings (SSSR count). The monoisotopic (exact) mass is 525 g/mol. The van der Waals surface area contributed by atoms with Gasteiger partial charge < -0.3 is 19.7 Å². The first kappa shape index (κ1) is 28.9. The molecule has 2 saturated heterocycles. The maximum absolute atomic E-state index is 15.3. The highest BCUT2D eigenvalue weighted by molar-refractivity contribution is 7.09. The normalized spacial score (nSPS) is 36.8. The van der Waals surface area contributed by atoms with E-state index in [4.69, 9.17) is 9.47 Å². The summed E-state index contributed by atoms with van der Waals surface area (Å²) >= 11 is 1.39. The molecular weight excluding hydrogens is 485 g/mol. The van der Waals surface area contributed by atoms with E-state index >= 15 is 4.39 Å². The van der Waals surface area contributed by atoms with Crippen LogP contribution in [0.15, 0.2) is 11.2 Å². The second-order valence-corrected chi connectivity index (χ2v) is 12.2. The minimum absolute atomic E-state index is 0.125. The Morgan fingerprint density at radius 1 is 1.31 bits per heavy atom. The van der Waals surface area contributed by atoms with Crippen molar-refractivity contribution in [1.29, 1.82) is 0 Å². The number of halogens is 1. The first-order chi connectivity index (χ1) is 16.8. The number of aromatic nitrogens is 1. The number of aliphatic hydroxyl groups is 2. The van der Waals surface area contributed by atoms with E-state index in [2.05, 4.69) is 4.98 Å². The van der Waals surface area contributed by atoms with Crippen molar-refractivity contribution < 1.29 is 33.7 Å². The number of hydrogen-bond acceptors (Lipinski definition) is 8. The second-order valence-electron chi connectivity index (χ2n) is 11.1. The summed E-state index contributed by atoms with van der Waals surface area (Å²) in [6.07, 6.45) is -0.139. The fraction of sp³-hybridized carbons (Fsp3) is 0.741.